The number of piperidine rings is 1. The van der Waals surface area contributed by atoms with Crippen molar-refractivity contribution in [2.75, 3.05) is 26.7 Å². The zero-order valence-corrected chi connectivity index (χ0v) is 15.7. The minimum absolute atomic E-state index is 0.107. The Hall–Kier alpha value is -1.88. The molecule has 1 aliphatic heterocycles. The van der Waals surface area contributed by atoms with E-state index in [-0.39, 0.29) is 17.9 Å². The molecule has 2 rings (SSSR count). The first kappa shape index (κ1) is 19.4. The minimum atomic E-state index is -0.257. The number of benzene rings is 1. The van der Waals surface area contributed by atoms with Crippen molar-refractivity contribution in [1.29, 1.82) is 0 Å². The topological polar surface area (TPSA) is 61.4 Å². The van der Waals surface area contributed by atoms with Crippen LogP contribution in [0.15, 0.2) is 24.3 Å². The van der Waals surface area contributed by atoms with Gasteiger partial charge in [-0.25, -0.2) is 0 Å². The summed E-state index contributed by atoms with van der Waals surface area (Å²) >= 11 is 0. The summed E-state index contributed by atoms with van der Waals surface area (Å²) in [5, 5.41) is 6.12. The molecule has 5 nitrogen and oxygen atoms in total. The second-order valence-corrected chi connectivity index (χ2v) is 7.08. The highest BCUT2D eigenvalue weighted by Gasteiger charge is 2.25. The lowest BCUT2D eigenvalue weighted by atomic mass is 9.93. The Kier molecular flexibility index (Phi) is 7.44. The van der Waals surface area contributed by atoms with Gasteiger partial charge in [0.2, 0.25) is 11.8 Å². The van der Waals surface area contributed by atoms with Crippen molar-refractivity contribution in [2.24, 2.45) is 5.92 Å². The smallest absolute Gasteiger partial charge is 0.224 e. The molecule has 1 saturated heterocycles. The molecule has 0 radical (unpaired) electrons. The van der Waals surface area contributed by atoms with Crippen molar-refractivity contribution in [3.63, 3.8) is 0 Å². The van der Waals surface area contributed by atoms with E-state index in [0.29, 0.717) is 12.3 Å². The van der Waals surface area contributed by atoms with E-state index in [1.54, 1.807) is 0 Å². The average molecular weight is 345 g/mol. The fraction of sp³-hybridized carbons (Fsp3) is 0.600. The van der Waals surface area contributed by atoms with Crippen molar-refractivity contribution < 1.29 is 9.59 Å². The van der Waals surface area contributed by atoms with E-state index in [1.165, 1.54) is 18.9 Å². The maximum absolute atomic E-state index is 12.7. The summed E-state index contributed by atoms with van der Waals surface area (Å²) in [5.74, 6) is 0.732. The van der Waals surface area contributed by atoms with Gasteiger partial charge in [0.1, 0.15) is 0 Å². The molecule has 0 bridgehead atoms. The van der Waals surface area contributed by atoms with Crippen molar-refractivity contribution >= 4 is 11.8 Å². The van der Waals surface area contributed by atoms with Crippen molar-refractivity contribution in [3.8, 4) is 0 Å². The summed E-state index contributed by atoms with van der Waals surface area (Å²) in [4.78, 5) is 26.2. The number of likely N-dealkylation sites (tertiary alicyclic amines) is 1. The van der Waals surface area contributed by atoms with Crippen LogP contribution < -0.4 is 10.6 Å². The van der Waals surface area contributed by atoms with Crippen LogP contribution in [0.5, 0.6) is 0 Å². The van der Waals surface area contributed by atoms with E-state index < -0.39 is 0 Å². The van der Waals surface area contributed by atoms with Crippen LogP contribution in [-0.4, -0.2) is 43.4 Å². The second kappa shape index (κ2) is 9.56. The van der Waals surface area contributed by atoms with Gasteiger partial charge in [-0.2, -0.15) is 0 Å². The fourth-order valence-electron chi connectivity index (χ4n) is 3.42. The maximum atomic E-state index is 12.7. The molecule has 1 fully saturated rings. The molecule has 2 N–H and O–H groups in total. The first-order valence-electron chi connectivity index (χ1n) is 9.25. The summed E-state index contributed by atoms with van der Waals surface area (Å²) in [6, 6.07) is 7.76. The highest BCUT2D eigenvalue weighted by atomic mass is 16.2. The van der Waals surface area contributed by atoms with Crippen LogP contribution in [0.4, 0.5) is 0 Å². The molecule has 1 aromatic carbocycles. The Morgan fingerprint density at radius 1 is 1.20 bits per heavy atom. The molecule has 1 aliphatic rings. The Morgan fingerprint density at radius 3 is 2.40 bits per heavy atom. The van der Waals surface area contributed by atoms with E-state index in [0.717, 1.165) is 38.0 Å². The highest BCUT2D eigenvalue weighted by molar-refractivity contribution is 5.79. The SMILES string of the molecule is CNCCC1CCN(C(=O)CC(NC(C)=O)c2ccc(C)cc2)CC1. The van der Waals surface area contributed by atoms with E-state index in [4.69, 9.17) is 0 Å². The monoisotopic (exact) mass is 345 g/mol. The highest BCUT2D eigenvalue weighted by Crippen LogP contribution is 2.23. The standard InChI is InChI=1S/C20H31N3O2/c1-15-4-6-18(7-5-15)19(22-16(2)24)14-20(25)23-12-9-17(10-13-23)8-11-21-3/h4-7,17,19,21H,8-14H2,1-3H3,(H,22,24). The van der Waals surface area contributed by atoms with Crippen LogP contribution in [0.1, 0.15) is 49.8 Å². The summed E-state index contributed by atoms with van der Waals surface area (Å²) in [7, 11) is 1.98. The molecule has 1 heterocycles. The number of carbonyl (C=O) groups excluding carboxylic acids is 2. The van der Waals surface area contributed by atoms with Crippen LogP contribution in [0.25, 0.3) is 0 Å². The quantitative estimate of drug-likeness (QED) is 0.798. The second-order valence-electron chi connectivity index (χ2n) is 7.08. The summed E-state index contributed by atoms with van der Waals surface area (Å²) in [6.45, 7) is 6.22. The van der Waals surface area contributed by atoms with Gasteiger partial charge in [0.05, 0.1) is 12.5 Å². The molecule has 0 saturated carbocycles. The molecular formula is C20H31N3O2. The Morgan fingerprint density at radius 2 is 1.84 bits per heavy atom. The van der Waals surface area contributed by atoms with E-state index in [9.17, 15) is 9.59 Å². The molecule has 1 atom stereocenters. The van der Waals surface area contributed by atoms with Crippen LogP contribution in [0.2, 0.25) is 0 Å². The van der Waals surface area contributed by atoms with Gasteiger partial charge in [0.15, 0.2) is 0 Å². The largest absolute Gasteiger partial charge is 0.349 e. The first-order valence-corrected chi connectivity index (χ1v) is 9.25. The first-order chi connectivity index (χ1) is 12.0. The number of nitrogens with one attached hydrogen (secondary N) is 2. The van der Waals surface area contributed by atoms with E-state index in [2.05, 4.69) is 10.6 Å². The van der Waals surface area contributed by atoms with Crippen LogP contribution >= 0.6 is 0 Å². The van der Waals surface area contributed by atoms with Crippen LogP contribution in [0.3, 0.4) is 0 Å². The molecule has 2 amide bonds. The number of hydrogen-bond donors (Lipinski definition) is 2. The lowest BCUT2D eigenvalue weighted by Gasteiger charge is -2.33. The average Bonchev–Trinajstić information content (AvgIpc) is 2.60. The molecule has 5 heteroatoms. The summed E-state index contributed by atoms with van der Waals surface area (Å²) in [6.07, 6.45) is 3.64. The zero-order chi connectivity index (χ0) is 18.2. The lowest BCUT2D eigenvalue weighted by Crippen LogP contribution is -2.41. The van der Waals surface area contributed by atoms with Crippen molar-refractivity contribution in [1.82, 2.24) is 15.5 Å². The number of amides is 2. The third-order valence-electron chi connectivity index (χ3n) is 5.01. The van der Waals surface area contributed by atoms with Crippen molar-refractivity contribution in [2.45, 2.75) is 45.6 Å². The van der Waals surface area contributed by atoms with Gasteiger partial charge in [-0.15, -0.1) is 0 Å². The van der Waals surface area contributed by atoms with Gasteiger partial charge >= 0.3 is 0 Å². The van der Waals surface area contributed by atoms with E-state index >= 15 is 0 Å². The number of aryl methyl sites for hydroxylation is 1. The lowest BCUT2D eigenvalue weighted by molar-refractivity contribution is -0.133. The van der Waals surface area contributed by atoms with Crippen LogP contribution in [0, 0.1) is 12.8 Å². The number of carbonyl (C=O) groups is 2. The Balaban J connectivity index is 1.93. The Bertz CT molecular complexity index is 563. The normalized spacial score (nSPS) is 16.5. The van der Waals surface area contributed by atoms with Crippen molar-refractivity contribution in [3.05, 3.63) is 35.4 Å². The summed E-state index contributed by atoms with van der Waals surface area (Å²) in [5.41, 5.74) is 2.15. The van der Waals surface area contributed by atoms with Gasteiger partial charge in [-0.3, -0.25) is 9.59 Å². The van der Waals surface area contributed by atoms with Gasteiger partial charge in [0.25, 0.3) is 0 Å². The molecule has 1 unspecified atom stereocenters. The maximum Gasteiger partial charge on any atom is 0.224 e. The van der Waals surface area contributed by atoms with Gasteiger partial charge in [-0.1, -0.05) is 29.8 Å². The van der Waals surface area contributed by atoms with Gasteiger partial charge < -0.3 is 15.5 Å². The number of nitrogens with zero attached hydrogens (tertiary/aromatic N) is 1. The third-order valence-corrected chi connectivity index (χ3v) is 5.01. The number of rotatable bonds is 7. The zero-order valence-electron chi connectivity index (χ0n) is 15.7. The molecule has 0 aromatic heterocycles. The van der Waals surface area contributed by atoms with Gasteiger partial charge in [0, 0.05) is 20.0 Å². The van der Waals surface area contributed by atoms with Gasteiger partial charge in [-0.05, 0) is 51.3 Å². The predicted molar refractivity (Wildman–Crippen MR) is 100 cm³/mol. The minimum Gasteiger partial charge on any atom is -0.349 e. The Labute approximate surface area is 151 Å². The molecule has 138 valence electrons. The molecule has 25 heavy (non-hydrogen) atoms. The van der Waals surface area contributed by atoms with Crippen LogP contribution in [-0.2, 0) is 9.59 Å². The predicted octanol–water partition coefficient (Wildman–Crippen LogP) is 2.41. The third kappa shape index (κ3) is 6.16. The molecular weight excluding hydrogens is 314 g/mol. The fourth-order valence-corrected chi connectivity index (χ4v) is 3.42. The van der Waals surface area contributed by atoms with E-state index in [1.807, 2.05) is 43.1 Å². The summed E-state index contributed by atoms with van der Waals surface area (Å²) < 4.78 is 0. The molecule has 1 aromatic rings. The molecule has 0 spiro atoms. The molecule has 0 aliphatic carbocycles. The number of hydrogen-bond acceptors (Lipinski definition) is 3.